The SMILES string of the molecule is C=CCc1cc[nH]c1CC(=O)O. The molecular formula is C9H11NO2. The van der Waals surface area contributed by atoms with Gasteiger partial charge in [0.1, 0.15) is 0 Å². The number of aromatic amines is 1. The Morgan fingerprint density at radius 1 is 1.75 bits per heavy atom. The van der Waals surface area contributed by atoms with Gasteiger partial charge in [-0.25, -0.2) is 0 Å². The molecule has 1 aromatic rings. The van der Waals surface area contributed by atoms with E-state index >= 15 is 0 Å². The van der Waals surface area contributed by atoms with Crippen molar-refractivity contribution in [3.05, 3.63) is 36.2 Å². The first-order valence-corrected chi connectivity index (χ1v) is 3.72. The lowest BCUT2D eigenvalue weighted by molar-refractivity contribution is -0.136. The van der Waals surface area contributed by atoms with Crippen molar-refractivity contribution in [1.29, 1.82) is 0 Å². The topological polar surface area (TPSA) is 53.1 Å². The fraction of sp³-hybridized carbons (Fsp3) is 0.222. The lowest BCUT2D eigenvalue weighted by Gasteiger charge is -1.96. The van der Waals surface area contributed by atoms with Gasteiger partial charge in [0.15, 0.2) is 0 Å². The van der Waals surface area contributed by atoms with E-state index in [9.17, 15) is 4.79 Å². The van der Waals surface area contributed by atoms with Crippen LogP contribution in [0.15, 0.2) is 24.9 Å². The average molecular weight is 165 g/mol. The zero-order valence-corrected chi connectivity index (χ0v) is 6.71. The molecule has 0 saturated heterocycles. The Labute approximate surface area is 70.7 Å². The number of carboxylic acid groups (broad SMARTS) is 1. The van der Waals surface area contributed by atoms with E-state index in [0.29, 0.717) is 6.42 Å². The van der Waals surface area contributed by atoms with E-state index < -0.39 is 5.97 Å². The number of aromatic nitrogens is 1. The van der Waals surface area contributed by atoms with E-state index in [1.807, 2.05) is 6.07 Å². The Bertz CT molecular complexity index is 288. The molecule has 0 radical (unpaired) electrons. The zero-order chi connectivity index (χ0) is 8.97. The van der Waals surface area contributed by atoms with Gasteiger partial charge >= 0.3 is 5.97 Å². The highest BCUT2D eigenvalue weighted by Gasteiger charge is 2.05. The van der Waals surface area contributed by atoms with Crippen molar-refractivity contribution in [3.8, 4) is 0 Å². The van der Waals surface area contributed by atoms with Crippen LogP contribution < -0.4 is 0 Å². The molecule has 0 aromatic carbocycles. The summed E-state index contributed by atoms with van der Waals surface area (Å²) in [7, 11) is 0. The number of H-pyrrole nitrogens is 1. The molecular weight excluding hydrogens is 154 g/mol. The van der Waals surface area contributed by atoms with Gasteiger partial charge in [-0.05, 0) is 18.1 Å². The Morgan fingerprint density at radius 2 is 2.50 bits per heavy atom. The van der Waals surface area contributed by atoms with Crippen molar-refractivity contribution in [2.24, 2.45) is 0 Å². The number of carbonyl (C=O) groups is 1. The summed E-state index contributed by atoms with van der Waals surface area (Å²) in [6.45, 7) is 3.59. The summed E-state index contributed by atoms with van der Waals surface area (Å²) in [6.07, 6.45) is 4.27. The molecule has 0 fully saturated rings. The van der Waals surface area contributed by atoms with E-state index in [1.54, 1.807) is 12.3 Å². The van der Waals surface area contributed by atoms with Gasteiger partial charge < -0.3 is 10.1 Å². The summed E-state index contributed by atoms with van der Waals surface area (Å²) in [6, 6.07) is 1.87. The van der Waals surface area contributed by atoms with Crippen LogP contribution in [-0.4, -0.2) is 16.1 Å². The molecule has 3 nitrogen and oxygen atoms in total. The monoisotopic (exact) mass is 165 g/mol. The highest BCUT2D eigenvalue weighted by atomic mass is 16.4. The van der Waals surface area contributed by atoms with Gasteiger partial charge in [-0.2, -0.15) is 0 Å². The van der Waals surface area contributed by atoms with Gasteiger partial charge in [-0.1, -0.05) is 6.08 Å². The quantitative estimate of drug-likeness (QED) is 0.662. The smallest absolute Gasteiger partial charge is 0.309 e. The average Bonchev–Trinajstić information content (AvgIpc) is 2.37. The van der Waals surface area contributed by atoms with E-state index in [0.717, 1.165) is 11.3 Å². The predicted molar refractivity (Wildman–Crippen MR) is 46.0 cm³/mol. The van der Waals surface area contributed by atoms with Crippen LogP contribution >= 0.6 is 0 Å². The largest absolute Gasteiger partial charge is 0.481 e. The molecule has 0 aliphatic carbocycles. The summed E-state index contributed by atoms with van der Waals surface area (Å²) < 4.78 is 0. The molecule has 1 rings (SSSR count). The zero-order valence-electron chi connectivity index (χ0n) is 6.71. The maximum atomic E-state index is 10.4. The standard InChI is InChI=1S/C9H11NO2/c1-2-3-7-4-5-10-8(7)6-9(11)12/h2,4-5,10H,1,3,6H2,(H,11,12). The summed E-state index contributed by atoms with van der Waals surface area (Å²) in [4.78, 5) is 13.3. The molecule has 0 unspecified atom stereocenters. The molecule has 12 heavy (non-hydrogen) atoms. The van der Waals surface area contributed by atoms with Crippen LogP contribution in [0.2, 0.25) is 0 Å². The van der Waals surface area contributed by atoms with E-state index in [2.05, 4.69) is 11.6 Å². The minimum absolute atomic E-state index is 0.0518. The van der Waals surface area contributed by atoms with E-state index in [4.69, 9.17) is 5.11 Å². The molecule has 1 aromatic heterocycles. The van der Waals surface area contributed by atoms with Crippen LogP contribution in [0.3, 0.4) is 0 Å². The van der Waals surface area contributed by atoms with Crippen molar-refractivity contribution < 1.29 is 9.90 Å². The molecule has 1 heterocycles. The molecule has 0 atom stereocenters. The fourth-order valence-corrected chi connectivity index (χ4v) is 1.10. The third-order valence-corrected chi connectivity index (χ3v) is 1.62. The number of carboxylic acids is 1. The molecule has 2 N–H and O–H groups in total. The predicted octanol–water partition coefficient (Wildman–Crippen LogP) is 1.37. The third kappa shape index (κ3) is 1.99. The van der Waals surface area contributed by atoms with Gasteiger partial charge in [0.2, 0.25) is 0 Å². The second kappa shape index (κ2) is 3.76. The normalized spacial score (nSPS) is 9.67. The number of hydrogen-bond acceptors (Lipinski definition) is 1. The van der Waals surface area contributed by atoms with Crippen LogP contribution in [0, 0.1) is 0 Å². The number of nitrogens with one attached hydrogen (secondary N) is 1. The molecule has 0 spiro atoms. The first-order valence-electron chi connectivity index (χ1n) is 3.72. The van der Waals surface area contributed by atoms with Crippen LogP contribution in [0.1, 0.15) is 11.3 Å². The minimum atomic E-state index is -0.817. The van der Waals surface area contributed by atoms with Crippen LogP contribution in [-0.2, 0) is 17.6 Å². The van der Waals surface area contributed by atoms with Gasteiger partial charge in [0.25, 0.3) is 0 Å². The molecule has 3 heteroatoms. The minimum Gasteiger partial charge on any atom is -0.481 e. The summed E-state index contributed by atoms with van der Waals surface area (Å²) in [5.41, 5.74) is 1.77. The van der Waals surface area contributed by atoms with Crippen LogP contribution in [0.4, 0.5) is 0 Å². The molecule has 0 amide bonds. The van der Waals surface area contributed by atoms with Crippen molar-refractivity contribution in [1.82, 2.24) is 4.98 Å². The van der Waals surface area contributed by atoms with Crippen molar-refractivity contribution in [3.63, 3.8) is 0 Å². The molecule has 0 saturated carbocycles. The summed E-state index contributed by atoms with van der Waals surface area (Å²) in [5, 5.41) is 8.53. The number of hydrogen-bond donors (Lipinski definition) is 2. The van der Waals surface area contributed by atoms with E-state index in [1.165, 1.54) is 0 Å². The number of allylic oxidation sites excluding steroid dienone is 1. The molecule has 0 bridgehead atoms. The fourth-order valence-electron chi connectivity index (χ4n) is 1.10. The Balaban J connectivity index is 2.76. The van der Waals surface area contributed by atoms with Crippen LogP contribution in [0.25, 0.3) is 0 Å². The van der Waals surface area contributed by atoms with Gasteiger partial charge in [-0.15, -0.1) is 6.58 Å². The first-order chi connectivity index (χ1) is 5.74. The van der Waals surface area contributed by atoms with Crippen molar-refractivity contribution >= 4 is 5.97 Å². The van der Waals surface area contributed by atoms with Crippen molar-refractivity contribution in [2.45, 2.75) is 12.8 Å². The Hall–Kier alpha value is -1.51. The lowest BCUT2D eigenvalue weighted by atomic mass is 10.1. The number of aliphatic carboxylic acids is 1. The Morgan fingerprint density at radius 3 is 3.08 bits per heavy atom. The highest BCUT2D eigenvalue weighted by Crippen LogP contribution is 2.08. The maximum Gasteiger partial charge on any atom is 0.309 e. The summed E-state index contributed by atoms with van der Waals surface area (Å²) >= 11 is 0. The maximum absolute atomic E-state index is 10.4. The molecule has 64 valence electrons. The van der Waals surface area contributed by atoms with Gasteiger partial charge in [0, 0.05) is 11.9 Å². The van der Waals surface area contributed by atoms with Gasteiger partial charge in [0.05, 0.1) is 6.42 Å². The Kier molecular flexibility index (Phi) is 2.69. The lowest BCUT2D eigenvalue weighted by Crippen LogP contribution is -2.02. The van der Waals surface area contributed by atoms with Crippen LogP contribution in [0.5, 0.6) is 0 Å². The summed E-state index contributed by atoms with van der Waals surface area (Å²) in [5.74, 6) is -0.817. The molecule has 0 aliphatic rings. The number of rotatable bonds is 4. The highest BCUT2D eigenvalue weighted by molar-refractivity contribution is 5.70. The van der Waals surface area contributed by atoms with Crippen molar-refractivity contribution in [2.75, 3.05) is 0 Å². The second-order valence-electron chi connectivity index (χ2n) is 2.54. The van der Waals surface area contributed by atoms with E-state index in [-0.39, 0.29) is 6.42 Å². The molecule has 0 aliphatic heterocycles. The first kappa shape index (κ1) is 8.59. The second-order valence-corrected chi connectivity index (χ2v) is 2.54. The van der Waals surface area contributed by atoms with Gasteiger partial charge in [-0.3, -0.25) is 4.79 Å². The third-order valence-electron chi connectivity index (χ3n) is 1.62.